The Morgan fingerprint density at radius 3 is 2.80 bits per heavy atom. The molecule has 0 aliphatic rings. The lowest BCUT2D eigenvalue weighted by Crippen LogP contribution is -2.38. The van der Waals surface area contributed by atoms with E-state index in [0.29, 0.717) is 18.8 Å². The van der Waals surface area contributed by atoms with Crippen LogP contribution in [0.1, 0.15) is 18.3 Å². The minimum Gasteiger partial charge on any atom is -0.504 e. The SMILES string of the molecule is CCNC(=NCc1ncnn1C)NCCc1ccc(O)c(OC)c1.I. The average molecular weight is 460 g/mol. The Labute approximate surface area is 164 Å². The normalized spacial score (nSPS) is 10.9. The highest BCUT2D eigenvalue weighted by Gasteiger charge is 2.04. The van der Waals surface area contributed by atoms with Crippen LogP contribution < -0.4 is 15.4 Å². The highest BCUT2D eigenvalue weighted by atomic mass is 127. The maximum absolute atomic E-state index is 9.62. The largest absolute Gasteiger partial charge is 0.504 e. The average Bonchev–Trinajstić information content (AvgIpc) is 2.99. The lowest BCUT2D eigenvalue weighted by atomic mass is 10.1. The monoisotopic (exact) mass is 460 g/mol. The number of hydrogen-bond acceptors (Lipinski definition) is 5. The summed E-state index contributed by atoms with van der Waals surface area (Å²) in [6.45, 7) is 3.96. The molecular weight excluding hydrogens is 435 g/mol. The maximum atomic E-state index is 9.62. The van der Waals surface area contributed by atoms with Gasteiger partial charge in [-0.1, -0.05) is 6.07 Å². The molecule has 1 aromatic carbocycles. The molecule has 8 nitrogen and oxygen atoms in total. The summed E-state index contributed by atoms with van der Waals surface area (Å²) in [5.41, 5.74) is 1.07. The minimum atomic E-state index is 0. The number of phenols is 1. The summed E-state index contributed by atoms with van der Waals surface area (Å²) in [6.07, 6.45) is 2.30. The van der Waals surface area contributed by atoms with Crippen LogP contribution in [0.5, 0.6) is 11.5 Å². The van der Waals surface area contributed by atoms with Crippen LogP contribution >= 0.6 is 24.0 Å². The van der Waals surface area contributed by atoms with E-state index in [1.807, 2.05) is 26.1 Å². The topological polar surface area (TPSA) is 96.6 Å². The van der Waals surface area contributed by atoms with Gasteiger partial charge in [-0.25, -0.2) is 9.98 Å². The van der Waals surface area contributed by atoms with Crippen LogP contribution in [-0.2, 0) is 20.0 Å². The number of hydrogen-bond donors (Lipinski definition) is 3. The molecule has 0 amide bonds. The number of rotatable bonds is 7. The maximum Gasteiger partial charge on any atom is 0.191 e. The third-order valence-electron chi connectivity index (χ3n) is 3.48. The lowest BCUT2D eigenvalue weighted by molar-refractivity contribution is 0.373. The van der Waals surface area contributed by atoms with Crippen LogP contribution in [0.4, 0.5) is 0 Å². The Kier molecular flexibility index (Phi) is 9.03. The summed E-state index contributed by atoms with van der Waals surface area (Å²) in [6, 6.07) is 5.35. The third-order valence-corrected chi connectivity index (χ3v) is 3.48. The molecule has 0 radical (unpaired) electrons. The molecule has 2 rings (SSSR count). The van der Waals surface area contributed by atoms with Crippen molar-refractivity contribution in [3.05, 3.63) is 35.9 Å². The Morgan fingerprint density at radius 2 is 2.16 bits per heavy atom. The van der Waals surface area contributed by atoms with Gasteiger partial charge in [-0.2, -0.15) is 5.10 Å². The first kappa shape index (κ1) is 21.0. The Hall–Kier alpha value is -2.04. The number of benzene rings is 1. The number of aromatic hydroxyl groups is 1. The number of aromatic nitrogens is 3. The summed E-state index contributed by atoms with van der Waals surface area (Å²) in [7, 11) is 3.38. The van der Waals surface area contributed by atoms with E-state index in [-0.39, 0.29) is 29.7 Å². The van der Waals surface area contributed by atoms with Crippen molar-refractivity contribution in [2.75, 3.05) is 20.2 Å². The molecule has 0 saturated carbocycles. The molecule has 2 aromatic rings. The van der Waals surface area contributed by atoms with Crippen molar-refractivity contribution in [1.82, 2.24) is 25.4 Å². The zero-order valence-electron chi connectivity index (χ0n) is 14.7. The number of aliphatic imine (C=N–C) groups is 1. The molecule has 0 aliphatic carbocycles. The highest BCUT2D eigenvalue weighted by molar-refractivity contribution is 14.0. The van der Waals surface area contributed by atoms with Crippen molar-refractivity contribution in [3.8, 4) is 11.5 Å². The number of phenolic OH excluding ortho intramolecular Hbond substituents is 1. The molecule has 1 aromatic heterocycles. The van der Waals surface area contributed by atoms with Gasteiger partial charge in [0.15, 0.2) is 17.5 Å². The van der Waals surface area contributed by atoms with Gasteiger partial charge in [-0.3, -0.25) is 4.68 Å². The molecule has 0 saturated heterocycles. The molecular formula is C16H25IN6O2. The standard InChI is InChI=1S/C16H24N6O2.HI/c1-4-17-16(19-10-15-20-11-21-22(15)2)18-8-7-12-5-6-13(23)14(9-12)24-3;/h5-6,9,11,23H,4,7-8,10H2,1-3H3,(H2,17,18,19);1H. The number of ether oxygens (including phenoxy) is 1. The van der Waals surface area contributed by atoms with Crippen LogP contribution in [-0.4, -0.2) is 46.0 Å². The van der Waals surface area contributed by atoms with E-state index in [4.69, 9.17) is 4.74 Å². The van der Waals surface area contributed by atoms with Crippen molar-refractivity contribution in [2.24, 2.45) is 12.0 Å². The van der Waals surface area contributed by atoms with Crippen LogP contribution in [0.25, 0.3) is 0 Å². The van der Waals surface area contributed by atoms with Crippen LogP contribution in [0.3, 0.4) is 0 Å². The van der Waals surface area contributed by atoms with Gasteiger partial charge in [0.2, 0.25) is 0 Å². The minimum absolute atomic E-state index is 0. The Bertz CT molecular complexity index is 689. The van der Waals surface area contributed by atoms with Gasteiger partial charge >= 0.3 is 0 Å². The van der Waals surface area contributed by atoms with Crippen LogP contribution in [0, 0.1) is 0 Å². The number of nitrogens with one attached hydrogen (secondary N) is 2. The summed E-state index contributed by atoms with van der Waals surface area (Å²) < 4.78 is 6.83. The van der Waals surface area contributed by atoms with Gasteiger partial charge in [-0.15, -0.1) is 24.0 Å². The zero-order valence-corrected chi connectivity index (χ0v) is 17.0. The third kappa shape index (κ3) is 6.40. The zero-order chi connectivity index (χ0) is 17.4. The molecule has 0 bridgehead atoms. The predicted octanol–water partition coefficient (Wildman–Crippen LogP) is 1.45. The van der Waals surface area contributed by atoms with E-state index in [2.05, 4.69) is 25.7 Å². The van der Waals surface area contributed by atoms with Crippen molar-refractivity contribution in [3.63, 3.8) is 0 Å². The fourth-order valence-corrected chi connectivity index (χ4v) is 2.16. The molecule has 138 valence electrons. The fourth-order valence-electron chi connectivity index (χ4n) is 2.16. The first-order valence-electron chi connectivity index (χ1n) is 7.85. The van der Waals surface area contributed by atoms with Gasteiger partial charge < -0.3 is 20.5 Å². The van der Waals surface area contributed by atoms with E-state index in [0.717, 1.165) is 30.3 Å². The predicted molar refractivity (Wildman–Crippen MR) is 108 cm³/mol. The number of nitrogens with zero attached hydrogens (tertiary/aromatic N) is 4. The van der Waals surface area contributed by atoms with E-state index in [1.54, 1.807) is 17.9 Å². The van der Waals surface area contributed by atoms with E-state index in [9.17, 15) is 5.11 Å². The molecule has 3 N–H and O–H groups in total. The van der Waals surface area contributed by atoms with E-state index >= 15 is 0 Å². The number of guanidine groups is 1. The number of methoxy groups -OCH3 is 1. The van der Waals surface area contributed by atoms with Crippen molar-refractivity contribution < 1.29 is 9.84 Å². The molecule has 0 aliphatic heterocycles. The van der Waals surface area contributed by atoms with Gasteiger partial charge in [0.1, 0.15) is 18.7 Å². The van der Waals surface area contributed by atoms with Gasteiger partial charge in [-0.05, 0) is 31.0 Å². The summed E-state index contributed by atoms with van der Waals surface area (Å²) in [4.78, 5) is 8.66. The highest BCUT2D eigenvalue weighted by Crippen LogP contribution is 2.26. The van der Waals surface area contributed by atoms with E-state index in [1.165, 1.54) is 6.33 Å². The van der Waals surface area contributed by atoms with Crippen LogP contribution in [0.15, 0.2) is 29.5 Å². The second-order valence-corrected chi connectivity index (χ2v) is 5.18. The lowest BCUT2D eigenvalue weighted by Gasteiger charge is -2.12. The van der Waals surface area contributed by atoms with Gasteiger partial charge in [0.05, 0.1) is 7.11 Å². The smallest absolute Gasteiger partial charge is 0.191 e. The second-order valence-electron chi connectivity index (χ2n) is 5.18. The van der Waals surface area contributed by atoms with Gasteiger partial charge in [0, 0.05) is 20.1 Å². The van der Waals surface area contributed by atoms with Crippen molar-refractivity contribution >= 4 is 29.9 Å². The molecule has 1 heterocycles. The van der Waals surface area contributed by atoms with Crippen molar-refractivity contribution in [1.29, 1.82) is 0 Å². The first-order valence-corrected chi connectivity index (χ1v) is 7.85. The quantitative estimate of drug-likeness (QED) is 0.329. The van der Waals surface area contributed by atoms with Crippen molar-refractivity contribution in [2.45, 2.75) is 19.9 Å². The number of halogens is 1. The summed E-state index contributed by atoms with van der Waals surface area (Å²) >= 11 is 0. The summed E-state index contributed by atoms with van der Waals surface area (Å²) in [5.74, 6) is 2.16. The van der Waals surface area contributed by atoms with Crippen LogP contribution in [0.2, 0.25) is 0 Å². The van der Waals surface area contributed by atoms with E-state index < -0.39 is 0 Å². The Balaban J connectivity index is 0.00000312. The molecule has 0 spiro atoms. The molecule has 9 heteroatoms. The molecule has 0 atom stereocenters. The molecule has 0 fully saturated rings. The second kappa shape index (κ2) is 10.7. The summed E-state index contributed by atoms with van der Waals surface area (Å²) in [5, 5.41) is 20.1. The van der Waals surface area contributed by atoms with Gasteiger partial charge in [0.25, 0.3) is 0 Å². The molecule has 25 heavy (non-hydrogen) atoms. The number of aryl methyl sites for hydroxylation is 1. The first-order chi connectivity index (χ1) is 11.6. The fraction of sp³-hybridized carbons (Fsp3) is 0.438. The Morgan fingerprint density at radius 1 is 1.36 bits per heavy atom. The molecule has 0 unspecified atom stereocenters.